The van der Waals surface area contributed by atoms with E-state index in [-0.39, 0.29) is 5.91 Å². The van der Waals surface area contributed by atoms with Crippen LogP contribution in [0.3, 0.4) is 0 Å². The van der Waals surface area contributed by atoms with Gasteiger partial charge in [-0.05, 0) is 12.5 Å². The molecule has 4 heterocycles. The lowest BCUT2D eigenvalue weighted by molar-refractivity contribution is -0.119. The SMILES string of the molecule is Cn1cc(-c2cc3c(N4CCC(C#N)C4=O)ncnc3n2SI)cn1. The zero-order valence-corrected chi connectivity index (χ0v) is 16.1. The van der Waals surface area contributed by atoms with Crippen molar-refractivity contribution in [2.75, 3.05) is 11.4 Å². The van der Waals surface area contributed by atoms with Crippen LogP contribution in [0.4, 0.5) is 5.82 Å². The van der Waals surface area contributed by atoms with Gasteiger partial charge in [0.15, 0.2) is 5.65 Å². The molecule has 10 heteroatoms. The Labute approximate surface area is 159 Å². The number of aryl methyl sites for hydroxylation is 1. The molecule has 0 aromatic carbocycles. The van der Waals surface area contributed by atoms with Gasteiger partial charge in [0.1, 0.15) is 18.1 Å². The number of fused-ring (bicyclic) bond motifs is 1. The maximum atomic E-state index is 12.4. The molecule has 3 aromatic heterocycles. The first-order chi connectivity index (χ1) is 12.1. The molecule has 1 amide bonds. The van der Waals surface area contributed by atoms with Crippen LogP contribution < -0.4 is 4.90 Å². The lowest BCUT2D eigenvalue weighted by Gasteiger charge is -2.15. The number of hydrogen-bond donors (Lipinski definition) is 0. The van der Waals surface area contributed by atoms with Gasteiger partial charge in [-0.3, -0.25) is 18.3 Å². The lowest BCUT2D eigenvalue weighted by Crippen LogP contribution is -2.27. The summed E-state index contributed by atoms with van der Waals surface area (Å²) in [4.78, 5) is 22.8. The molecule has 0 N–H and O–H groups in total. The van der Waals surface area contributed by atoms with Gasteiger partial charge in [0.2, 0.25) is 5.91 Å². The fourth-order valence-corrected chi connectivity index (χ4v) is 4.67. The fraction of sp³-hybridized carbons (Fsp3) is 0.267. The molecule has 126 valence electrons. The van der Waals surface area contributed by atoms with Crippen molar-refractivity contribution < 1.29 is 4.79 Å². The van der Waals surface area contributed by atoms with Crippen molar-refractivity contribution in [3.05, 3.63) is 24.8 Å². The van der Waals surface area contributed by atoms with Gasteiger partial charge in [-0.1, -0.05) is 0 Å². The molecular formula is C15H12IN7OS. The van der Waals surface area contributed by atoms with E-state index in [9.17, 15) is 4.79 Å². The third kappa shape index (κ3) is 2.58. The standard InChI is InChI=1S/C15H12IN7OS/c1-21-7-10(6-20-21)12-4-11-13(18-8-19-14(11)23(12)25-16)22-3-2-9(5-17)15(22)24/h4,6-9H,2-3H2,1H3. The first-order valence-corrected chi connectivity index (χ1v) is 10.8. The third-order valence-corrected chi connectivity index (χ3v) is 5.91. The minimum Gasteiger partial charge on any atom is -0.295 e. The predicted molar refractivity (Wildman–Crippen MR) is 103 cm³/mol. The monoisotopic (exact) mass is 465 g/mol. The molecule has 0 saturated carbocycles. The first kappa shape index (κ1) is 16.3. The molecule has 1 fully saturated rings. The number of amides is 1. The maximum Gasteiger partial charge on any atom is 0.245 e. The summed E-state index contributed by atoms with van der Waals surface area (Å²) >= 11 is 2.20. The van der Waals surface area contributed by atoms with Crippen LogP contribution in [-0.4, -0.2) is 36.2 Å². The molecule has 0 spiro atoms. The second-order valence-corrected chi connectivity index (χ2v) is 7.38. The Balaban J connectivity index is 1.89. The second-order valence-electron chi connectivity index (χ2n) is 5.69. The largest absolute Gasteiger partial charge is 0.295 e. The van der Waals surface area contributed by atoms with Crippen LogP contribution in [0.15, 0.2) is 24.8 Å². The normalized spacial score (nSPS) is 17.4. The Morgan fingerprint density at radius 1 is 1.44 bits per heavy atom. The summed E-state index contributed by atoms with van der Waals surface area (Å²) < 4.78 is 3.73. The minimum atomic E-state index is -0.594. The molecule has 1 aliphatic heterocycles. The highest BCUT2D eigenvalue weighted by atomic mass is 127. The van der Waals surface area contributed by atoms with Crippen LogP contribution in [0, 0.1) is 17.2 Å². The predicted octanol–water partition coefficient (Wildman–Crippen LogP) is 2.55. The van der Waals surface area contributed by atoms with Crippen molar-refractivity contribution in [2.24, 2.45) is 13.0 Å². The van der Waals surface area contributed by atoms with E-state index in [1.54, 1.807) is 15.8 Å². The number of carbonyl (C=O) groups is 1. The highest BCUT2D eigenvalue weighted by molar-refractivity contribution is 14.2. The van der Waals surface area contributed by atoms with Crippen LogP contribution in [0.25, 0.3) is 22.3 Å². The Hall–Kier alpha value is -2.13. The Bertz CT molecular complexity index is 1020. The molecule has 1 atom stereocenters. The topological polar surface area (TPSA) is 92.6 Å². The Kier molecular flexibility index (Phi) is 4.12. The molecule has 0 bridgehead atoms. The summed E-state index contributed by atoms with van der Waals surface area (Å²) in [5.74, 6) is -0.230. The Morgan fingerprint density at radius 3 is 2.92 bits per heavy atom. The maximum absolute atomic E-state index is 12.4. The number of rotatable bonds is 3. The molecule has 4 rings (SSSR count). The highest BCUT2D eigenvalue weighted by Gasteiger charge is 2.34. The van der Waals surface area contributed by atoms with Crippen molar-refractivity contribution >= 4 is 53.1 Å². The molecule has 0 radical (unpaired) electrons. The summed E-state index contributed by atoms with van der Waals surface area (Å²) in [6.45, 7) is 0.494. The van der Waals surface area contributed by atoms with Crippen molar-refractivity contribution in [3.63, 3.8) is 0 Å². The van der Waals surface area contributed by atoms with E-state index in [2.05, 4.69) is 42.3 Å². The number of nitrogens with zero attached hydrogens (tertiary/aromatic N) is 7. The van der Waals surface area contributed by atoms with Crippen LogP contribution in [0.5, 0.6) is 0 Å². The van der Waals surface area contributed by atoms with E-state index in [0.29, 0.717) is 18.8 Å². The van der Waals surface area contributed by atoms with E-state index in [1.165, 1.54) is 15.4 Å². The quantitative estimate of drug-likeness (QED) is 0.553. The van der Waals surface area contributed by atoms with E-state index >= 15 is 0 Å². The van der Waals surface area contributed by atoms with Crippen molar-refractivity contribution in [1.29, 1.82) is 5.26 Å². The van der Waals surface area contributed by atoms with Crippen LogP contribution in [0.1, 0.15) is 6.42 Å². The van der Waals surface area contributed by atoms with Gasteiger partial charge in [0.05, 0.1) is 23.3 Å². The Morgan fingerprint density at radius 2 is 2.28 bits per heavy atom. The first-order valence-electron chi connectivity index (χ1n) is 7.49. The summed E-state index contributed by atoms with van der Waals surface area (Å²) in [7, 11) is 3.36. The third-order valence-electron chi connectivity index (χ3n) is 4.22. The summed E-state index contributed by atoms with van der Waals surface area (Å²) in [6.07, 6.45) is 5.70. The number of nitriles is 1. The summed E-state index contributed by atoms with van der Waals surface area (Å²) in [5, 5.41) is 14.1. The van der Waals surface area contributed by atoms with Gasteiger partial charge in [0, 0.05) is 55.7 Å². The summed E-state index contributed by atoms with van der Waals surface area (Å²) in [6, 6.07) is 4.03. The zero-order valence-electron chi connectivity index (χ0n) is 13.1. The van der Waals surface area contributed by atoms with Gasteiger partial charge in [-0.25, -0.2) is 9.97 Å². The number of carbonyl (C=O) groups excluding carboxylic acids is 1. The summed E-state index contributed by atoms with van der Waals surface area (Å²) in [5.41, 5.74) is 2.63. The molecule has 1 unspecified atom stereocenters. The molecule has 1 aliphatic rings. The highest BCUT2D eigenvalue weighted by Crippen LogP contribution is 2.37. The van der Waals surface area contributed by atoms with Crippen molar-refractivity contribution in [3.8, 4) is 17.3 Å². The van der Waals surface area contributed by atoms with Crippen molar-refractivity contribution in [1.82, 2.24) is 23.7 Å². The van der Waals surface area contributed by atoms with Crippen molar-refractivity contribution in [2.45, 2.75) is 6.42 Å². The second kappa shape index (κ2) is 6.30. The zero-order chi connectivity index (χ0) is 17.6. The molecule has 25 heavy (non-hydrogen) atoms. The molecule has 1 saturated heterocycles. The number of aromatic nitrogens is 5. The average Bonchev–Trinajstić information content (AvgIpc) is 3.30. The van der Waals surface area contributed by atoms with E-state index in [0.717, 1.165) is 22.3 Å². The minimum absolute atomic E-state index is 0.194. The van der Waals surface area contributed by atoms with E-state index in [1.807, 2.05) is 23.3 Å². The number of hydrogen-bond acceptors (Lipinski definition) is 6. The number of halogens is 1. The van der Waals surface area contributed by atoms with Crippen LogP contribution in [0.2, 0.25) is 0 Å². The van der Waals surface area contributed by atoms with Gasteiger partial charge >= 0.3 is 0 Å². The van der Waals surface area contributed by atoms with Gasteiger partial charge in [-0.15, -0.1) is 0 Å². The van der Waals surface area contributed by atoms with Gasteiger partial charge in [-0.2, -0.15) is 10.4 Å². The lowest BCUT2D eigenvalue weighted by atomic mass is 10.1. The van der Waals surface area contributed by atoms with Crippen LogP contribution >= 0.6 is 30.3 Å². The molecule has 3 aromatic rings. The molecule has 0 aliphatic carbocycles. The van der Waals surface area contributed by atoms with Gasteiger partial charge < -0.3 is 0 Å². The number of anilines is 1. The van der Waals surface area contributed by atoms with E-state index < -0.39 is 5.92 Å². The smallest absolute Gasteiger partial charge is 0.245 e. The van der Waals surface area contributed by atoms with E-state index in [4.69, 9.17) is 5.26 Å². The molecule has 8 nitrogen and oxygen atoms in total. The molecular weight excluding hydrogens is 453 g/mol. The fourth-order valence-electron chi connectivity index (χ4n) is 3.03. The average molecular weight is 465 g/mol. The van der Waals surface area contributed by atoms with Gasteiger partial charge in [0.25, 0.3) is 0 Å². The van der Waals surface area contributed by atoms with Crippen LogP contribution in [-0.2, 0) is 11.8 Å².